The number of benzene rings is 4. The van der Waals surface area contributed by atoms with Crippen molar-refractivity contribution in [2.75, 3.05) is 5.32 Å². The molecule has 0 aliphatic heterocycles. The SMILES string of the molecule is CC(OC(=O)c1cccc2cccc(-c3nc4ccccc4s3)c12)C(=O)Nc1ccc(Cl)c(C(=O)O)c1. The zero-order valence-electron chi connectivity index (χ0n) is 19.4. The molecule has 0 aliphatic carbocycles. The van der Waals surface area contributed by atoms with Gasteiger partial charge in [-0.2, -0.15) is 0 Å². The molecule has 0 spiro atoms. The number of nitrogens with zero attached hydrogens (tertiary/aromatic N) is 1. The summed E-state index contributed by atoms with van der Waals surface area (Å²) >= 11 is 7.42. The first-order valence-corrected chi connectivity index (χ1v) is 12.4. The number of aromatic carboxylic acids is 1. The second-order valence-corrected chi connectivity index (χ2v) is 9.67. The van der Waals surface area contributed by atoms with E-state index in [-0.39, 0.29) is 16.3 Å². The van der Waals surface area contributed by atoms with Gasteiger partial charge in [0, 0.05) is 16.6 Å². The number of amides is 1. The second-order valence-electron chi connectivity index (χ2n) is 8.23. The molecule has 7 nitrogen and oxygen atoms in total. The van der Waals surface area contributed by atoms with Gasteiger partial charge >= 0.3 is 11.9 Å². The Kier molecular flexibility index (Phi) is 6.60. The molecular weight excluding hydrogens is 512 g/mol. The monoisotopic (exact) mass is 530 g/mol. The van der Waals surface area contributed by atoms with Crippen molar-refractivity contribution < 1.29 is 24.2 Å². The van der Waals surface area contributed by atoms with Crippen molar-refractivity contribution in [3.05, 3.63) is 95.0 Å². The third-order valence-corrected chi connectivity index (χ3v) is 7.17. The summed E-state index contributed by atoms with van der Waals surface area (Å²) in [5, 5.41) is 14.1. The molecule has 0 radical (unpaired) electrons. The number of para-hydroxylation sites is 1. The smallest absolute Gasteiger partial charge is 0.339 e. The topological polar surface area (TPSA) is 106 Å². The quantitative estimate of drug-likeness (QED) is 0.238. The lowest BCUT2D eigenvalue weighted by Gasteiger charge is -2.15. The van der Waals surface area contributed by atoms with Crippen LogP contribution < -0.4 is 5.32 Å². The van der Waals surface area contributed by atoms with Crippen molar-refractivity contribution in [2.24, 2.45) is 0 Å². The minimum atomic E-state index is -1.22. The Morgan fingerprint density at radius 3 is 2.49 bits per heavy atom. The predicted molar refractivity (Wildman–Crippen MR) is 144 cm³/mol. The Morgan fingerprint density at radius 2 is 1.73 bits per heavy atom. The average molecular weight is 531 g/mol. The van der Waals surface area contributed by atoms with Crippen LogP contribution in [-0.2, 0) is 9.53 Å². The minimum Gasteiger partial charge on any atom is -0.478 e. The predicted octanol–water partition coefficient (Wildman–Crippen LogP) is 6.65. The van der Waals surface area contributed by atoms with Gasteiger partial charge in [-0.15, -0.1) is 11.3 Å². The molecule has 0 saturated heterocycles. The summed E-state index contributed by atoms with van der Waals surface area (Å²) in [5.41, 5.74) is 2.05. The summed E-state index contributed by atoms with van der Waals surface area (Å²) in [4.78, 5) is 42.0. The van der Waals surface area contributed by atoms with E-state index >= 15 is 0 Å². The van der Waals surface area contributed by atoms with Crippen molar-refractivity contribution in [1.29, 1.82) is 0 Å². The summed E-state index contributed by atoms with van der Waals surface area (Å²) in [6.45, 7) is 1.45. The molecule has 1 atom stereocenters. The normalized spacial score (nSPS) is 11.8. The molecule has 2 N–H and O–H groups in total. The summed E-state index contributed by atoms with van der Waals surface area (Å²) < 4.78 is 6.55. The number of ether oxygens (including phenoxy) is 1. The number of carboxylic acid groups (broad SMARTS) is 1. The Balaban J connectivity index is 1.42. The van der Waals surface area contributed by atoms with Crippen LogP contribution in [0.5, 0.6) is 0 Å². The number of hydrogen-bond donors (Lipinski definition) is 2. The van der Waals surface area contributed by atoms with Gasteiger partial charge in [-0.25, -0.2) is 14.6 Å². The largest absolute Gasteiger partial charge is 0.478 e. The van der Waals surface area contributed by atoms with Gasteiger partial charge in [-0.1, -0.05) is 54.1 Å². The van der Waals surface area contributed by atoms with E-state index in [0.717, 1.165) is 26.2 Å². The Bertz CT molecular complexity index is 1660. The Hall–Kier alpha value is -4.27. The minimum absolute atomic E-state index is 0.0462. The van der Waals surface area contributed by atoms with Crippen molar-refractivity contribution in [2.45, 2.75) is 13.0 Å². The van der Waals surface area contributed by atoms with Gasteiger partial charge < -0.3 is 15.2 Å². The number of esters is 1. The van der Waals surface area contributed by atoms with Crippen molar-refractivity contribution in [1.82, 2.24) is 4.98 Å². The molecule has 1 aromatic heterocycles. The van der Waals surface area contributed by atoms with Crippen LogP contribution in [0, 0.1) is 0 Å². The molecule has 1 amide bonds. The van der Waals surface area contributed by atoms with E-state index in [2.05, 4.69) is 5.32 Å². The lowest BCUT2D eigenvalue weighted by molar-refractivity contribution is -0.123. The third kappa shape index (κ3) is 4.89. The number of thiazole rings is 1. The highest BCUT2D eigenvalue weighted by Crippen LogP contribution is 2.36. The van der Waals surface area contributed by atoms with Crippen LogP contribution in [0.15, 0.2) is 78.9 Å². The number of anilines is 1. The number of carboxylic acids is 1. The van der Waals surface area contributed by atoms with E-state index in [1.165, 1.54) is 36.5 Å². The molecule has 0 aliphatic rings. The zero-order valence-corrected chi connectivity index (χ0v) is 21.0. The highest BCUT2D eigenvalue weighted by molar-refractivity contribution is 7.21. The van der Waals surface area contributed by atoms with Crippen LogP contribution in [-0.4, -0.2) is 34.0 Å². The van der Waals surface area contributed by atoms with E-state index in [4.69, 9.17) is 21.3 Å². The first-order chi connectivity index (χ1) is 17.8. The van der Waals surface area contributed by atoms with Gasteiger partial charge in [0.25, 0.3) is 5.91 Å². The highest BCUT2D eigenvalue weighted by atomic mass is 35.5. The standard InChI is InChI=1S/C28H19ClN2O5S/c1-15(25(32)30-17-12-13-21(29)20(14-17)27(33)34)36-28(35)19-9-5-7-16-6-4-8-18(24(16)19)26-31-22-10-2-3-11-23(22)37-26/h2-15H,1H3,(H,30,32)(H,33,34). The molecule has 1 unspecified atom stereocenters. The summed E-state index contributed by atoms with van der Waals surface area (Å²) in [6, 6.07) is 22.9. The maximum atomic E-state index is 13.3. The first kappa shape index (κ1) is 24.4. The van der Waals surface area contributed by atoms with Crippen LogP contribution in [0.25, 0.3) is 31.6 Å². The molecule has 5 rings (SSSR count). The molecule has 9 heteroatoms. The summed E-state index contributed by atoms with van der Waals surface area (Å²) in [7, 11) is 0. The number of fused-ring (bicyclic) bond motifs is 2. The van der Waals surface area contributed by atoms with Crippen LogP contribution in [0.4, 0.5) is 5.69 Å². The number of carbonyl (C=O) groups is 3. The molecule has 0 saturated carbocycles. The van der Waals surface area contributed by atoms with Crippen LogP contribution >= 0.6 is 22.9 Å². The van der Waals surface area contributed by atoms with Gasteiger partial charge in [-0.3, -0.25) is 4.79 Å². The van der Waals surface area contributed by atoms with Gasteiger partial charge in [0.05, 0.1) is 26.4 Å². The number of aromatic nitrogens is 1. The maximum Gasteiger partial charge on any atom is 0.339 e. The van der Waals surface area contributed by atoms with Crippen LogP contribution in [0.1, 0.15) is 27.6 Å². The number of hydrogen-bond acceptors (Lipinski definition) is 6. The number of halogens is 1. The van der Waals surface area contributed by atoms with Crippen LogP contribution in [0.3, 0.4) is 0 Å². The lowest BCUT2D eigenvalue weighted by Crippen LogP contribution is -2.30. The van der Waals surface area contributed by atoms with Gasteiger partial charge in [0.1, 0.15) is 5.01 Å². The molecule has 184 valence electrons. The third-order valence-electron chi connectivity index (χ3n) is 5.77. The summed E-state index contributed by atoms with van der Waals surface area (Å²) in [6.07, 6.45) is -1.15. The first-order valence-electron chi connectivity index (χ1n) is 11.2. The Labute approximate surface area is 220 Å². The molecule has 37 heavy (non-hydrogen) atoms. The van der Waals surface area contributed by atoms with Crippen molar-refractivity contribution >= 4 is 67.5 Å². The fourth-order valence-corrected chi connectivity index (χ4v) is 5.16. The number of nitrogens with one attached hydrogen (secondary N) is 1. The summed E-state index contributed by atoms with van der Waals surface area (Å²) in [5.74, 6) is -2.50. The van der Waals surface area contributed by atoms with E-state index in [9.17, 15) is 19.5 Å². The molecule has 4 aromatic carbocycles. The number of carbonyl (C=O) groups excluding carboxylic acids is 2. The van der Waals surface area contributed by atoms with E-state index in [0.29, 0.717) is 10.9 Å². The zero-order chi connectivity index (χ0) is 26.1. The molecule has 5 aromatic rings. The van der Waals surface area contributed by atoms with Crippen molar-refractivity contribution in [3.8, 4) is 10.6 Å². The van der Waals surface area contributed by atoms with Gasteiger partial charge in [0.2, 0.25) is 0 Å². The fraction of sp³-hybridized carbons (Fsp3) is 0.0714. The van der Waals surface area contributed by atoms with E-state index in [1.54, 1.807) is 12.1 Å². The molecule has 0 fully saturated rings. The van der Waals surface area contributed by atoms with Gasteiger partial charge in [-0.05, 0) is 48.7 Å². The van der Waals surface area contributed by atoms with Gasteiger partial charge in [0.15, 0.2) is 6.10 Å². The van der Waals surface area contributed by atoms with E-state index in [1.807, 2.05) is 48.5 Å². The number of rotatable bonds is 6. The Morgan fingerprint density at radius 1 is 0.973 bits per heavy atom. The highest BCUT2D eigenvalue weighted by Gasteiger charge is 2.23. The fourth-order valence-electron chi connectivity index (χ4n) is 3.97. The second kappa shape index (κ2) is 10.0. The van der Waals surface area contributed by atoms with E-state index < -0.39 is 23.9 Å². The average Bonchev–Trinajstić information content (AvgIpc) is 3.33. The maximum absolute atomic E-state index is 13.3. The molecule has 0 bridgehead atoms. The lowest BCUT2D eigenvalue weighted by atomic mass is 9.99. The van der Waals surface area contributed by atoms with Crippen molar-refractivity contribution in [3.63, 3.8) is 0 Å². The molecular formula is C28H19ClN2O5S. The molecule has 1 heterocycles. The van der Waals surface area contributed by atoms with Crippen LogP contribution in [0.2, 0.25) is 5.02 Å².